The first-order chi connectivity index (χ1) is 8.80. The largest absolute Gasteiger partial charge is 0.496 e. The second-order valence-electron chi connectivity index (χ2n) is 5.51. The summed E-state index contributed by atoms with van der Waals surface area (Å²) in [6, 6.07) is 3.68. The number of aromatic nitrogens is 1. The Bertz CT molecular complexity index is 580. The van der Waals surface area contributed by atoms with Crippen LogP contribution < -0.4 is 5.46 Å². The fourth-order valence-corrected chi connectivity index (χ4v) is 1.79. The molecular weight excluding hydrogens is 239 g/mol. The van der Waals surface area contributed by atoms with Crippen molar-refractivity contribution in [1.82, 2.24) is 4.98 Å². The lowest BCUT2D eigenvalue weighted by Gasteiger charge is -2.32. The SMILES string of the molecule is C#Cc1cc(B2OC(C)(C)C(C)(C)O2)cnc1C#N. The van der Waals surface area contributed by atoms with Gasteiger partial charge in [-0.2, -0.15) is 5.26 Å². The maximum atomic E-state index is 8.90. The molecule has 0 radical (unpaired) electrons. The third-order valence-corrected chi connectivity index (χ3v) is 3.70. The van der Waals surface area contributed by atoms with E-state index in [9.17, 15) is 0 Å². The molecule has 1 aliphatic heterocycles. The molecule has 0 spiro atoms. The molecule has 2 rings (SSSR count). The van der Waals surface area contributed by atoms with E-state index in [1.807, 2.05) is 33.8 Å². The summed E-state index contributed by atoms with van der Waals surface area (Å²) >= 11 is 0. The second kappa shape index (κ2) is 4.38. The van der Waals surface area contributed by atoms with Crippen molar-refractivity contribution in [2.24, 2.45) is 0 Å². The summed E-state index contributed by atoms with van der Waals surface area (Å²) in [4.78, 5) is 4.04. The number of hydrogen-bond acceptors (Lipinski definition) is 4. The molecule has 0 saturated carbocycles. The predicted octanol–water partition coefficient (Wildman–Crippen LogP) is 1.23. The second-order valence-corrected chi connectivity index (χ2v) is 5.51. The predicted molar refractivity (Wildman–Crippen MR) is 72.6 cm³/mol. The van der Waals surface area contributed by atoms with E-state index in [4.69, 9.17) is 21.0 Å². The average Bonchev–Trinajstić information content (AvgIpc) is 2.57. The van der Waals surface area contributed by atoms with Crippen molar-refractivity contribution in [3.63, 3.8) is 0 Å². The number of pyridine rings is 1. The lowest BCUT2D eigenvalue weighted by atomic mass is 9.79. The van der Waals surface area contributed by atoms with Crippen LogP contribution in [0.2, 0.25) is 0 Å². The molecule has 0 unspecified atom stereocenters. The summed E-state index contributed by atoms with van der Waals surface area (Å²) in [6.45, 7) is 7.91. The highest BCUT2D eigenvalue weighted by molar-refractivity contribution is 6.62. The van der Waals surface area contributed by atoms with Gasteiger partial charge in [-0.15, -0.1) is 6.42 Å². The minimum atomic E-state index is -0.516. The molecule has 1 aromatic rings. The molecule has 0 bridgehead atoms. The fourth-order valence-electron chi connectivity index (χ4n) is 1.79. The average molecular weight is 254 g/mol. The van der Waals surface area contributed by atoms with E-state index in [1.54, 1.807) is 12.3 Å². The number of nitriles is 1. The Morgan fingerprint density at radius 1 is 1.26 bits per heavy atom. The van der Waals surface area contributed by atoms with Gasteiger partial charge in [0.25, 0.3) is 0 Å². The number of nitrogens with zero attached hydrogens (tertiary/aromatic N) is 2. The molecule has 96 valence electrons. The summed E-state index contributed by atoms with van der Waals surface area (Å²) in [5, 5.41) is 8.90. The number of rotatable bonds is 1. The molecule has 0 aromatic carbocycles. The lowest BCUT2D eigenvalue weighted by Crippen LogP contribution is -2.41. The topological polar surface area (TPSA) is 55.1 Å². The van der Waals surface area contributed by atoms with Crippen molar-refractivity contribution in [2.45, 2.75) is 38.9 Å². The van der Waals surface area contributed by atoms with E-state index in [-0.39, 0.29) is 5.69 Å². The van der Waals surface area contributed by atoms with E-state index in [1.165, 1.54) is 0 Å². The monoisotopic (exact) mass is 254 g/mol. The zero-order valence-electron chi connectivity index (χ0n) is 11.5. The minimum Gasteiger partial charge on any atom is -0.399 e. The van der Waals surface area contributed by atoms with Crippen LogP contribution in [-0.2, 0) is 9.31 Å². The lowest BCUT2D eigenvalue weighted by molar-refractivity contribution is 0.00578. The van der Waals surface area contributed by atoms with Crippen LogP contribution in [0.3, 0.4) is 0 Å². The third kappa shape index (κ3) is 2.23. The van der Waals surface area contributed by atoms with Crippen molar-refractivity contribution in [3.8, 4) is 18.4 Å². The van der Waals surface area contributed by atoms with E-state index < -0.39 is 18.3 Å². The third-order valence-electron chi connectivity index (χ3n) is 3.70. The van der Waals surface area contributed by atoms with Gasteiger partial charge >= 0.3 is 7.12 Å². The van der Waals surface area contributed by atoms with E-state index in [0.717, 1.165) is 5.46 Å². The molecule has 4 nitrogen and oxygen atoms in total. The molecule has 0 N–H and O–H groups in total. The molecule has 5 heteroatoms. The maximum Gasteiger partial charge on any atom is 0.496 e. The van der Waals surface area contributed by atoms with Crippen molar-refractivity contribution in [3.05, 3.63) is 23.5 Å². The van der Waals surface area contributed by atoms with Crippen LogP contribution in [0.5, 0.6) is 0 Å². The summed E-state index contributed by atoms with van der Waals surface area (Å²) in [5.74, 6) is 2.46. The molecule has 0 atom stereocenters. The van der Waals surface area contributed by atoms with Crippen molar-refractivity contribution in [1.29, 1.82) is 5.26 Å². The molecule has 1 saturated heterocycles. The Kier molecular flexibility index (Phi) is 3.14. The van der Waals surface area contributed by atoms with Gasteiger partial charge < -0.3 is 9.31 Å². The first-order valence-corrected chi connectivity index (χ1v) is 6.03. The van der Waals surface area contributed by atoms with Gasteiger partial charge in [0.2, 0.25) is 0 Å². The van der Waals surface area contributed by atoms with Crippen LogP contribution in [0.15, 0.2) is 12.3 Å². The van der Waals surface area contributed by atoms with Gasteiger partial charge in [-0.1, -0.05) is 5.92 Å². The minimum absolute atomic E-state index is 0.239. The Balaban J connectivity index is 2.36. The maximum absolute atomic E-state index is 8.90. The molecule has 19 heavy (non-hydrogen) atoms. The van der Waals surface area contributed by atoms with E-state index in [0.29, 0.717) is 5.56 Å². The van der Waals surface area contributed by atoms with Crippen LogP contribution in [0.25, 0.3) is 0 Å². The van der Waals surface area contributed by atoms with Crippen LogP contribution in [0.1, 0.15) is 39.0 Å². The Morgan fingerprint density at radius 3 is 2.32 bits per heavy atom. The Labute approximate surface area is 113 Å². The summed E-state index contributed by atoms with van der Waals surface area (Å²) in [6.07, 6.45) is 6.95. The zero-order valence-corrected chi connectivity index (χ0v) is 11.5. The van der Waals surface area contributed by atoms with E-state index >= 15 is 0 Å². The Hall–Kier alpha value is -1.82. The van der Waals surface area contributed by atoms with Crippen molar-refractivity contribution < 1.29 is 9.31 Å². The molecule has 1 aromatic heterocycles. The highest BCUT2D eigenvalue weighted by Gasteiger charge is 2.51. The summed E-state index contributed by atoms with van der Waals surface area (Å²) in [5.41, 5.74) is 0.590. The van der Waals surface area contributed by atoms with Gasteiger partial charge in [-0.3, -0.25) is 0 Å². The molecule has 1 fully saturated rings. The van der Waals surface area contributed by atoms with Gasteiger partial charge in [0, 0.05) is 11.7 Å². The Morgan fingerprint density at radius 2 is 1.84 bits per heavy atom. The highest BCUT2D eigenvalue weighted by Crippen LogP contribution is 2.36. The normalized spacial score (nSPS) is 19.8. The molecule has 0 aliphatic carbocycles. The highest BCUT2D eigenvalue weighted by atomic mass is 16.7. The van der Waals surface area contributed by atoms with Gasteiger partial charge in [0.05, 0.1) is 16.8 Å². The molecular formula is C14H15BN2O2. The van der Waals surface area contributed by atoms with Crippen LogP contribution in [0, 0.1) is 23.7 Å². The van der Waals surface area contributed by atoms with E-state index in [2.05, 4.69) is 10.9 Å². The summed E-state index contributed by atoms with van der Waals surface area (Å²) in [7, 11) is -0.516. The smallest absolute Gasteiger partial charge is 0.399 e. The summed E-state index contributed by atoms with van der Waals surface area (Å²) < 4.78 is 11.8. The number of terminal acetylenes is 1. The first kappa shape index (κ1) is 13.6. The van der Waals surface area contributed by atoms with Crippen LogP contribution in [-0.4, -0.2) is 23.3 Å². The first-order valence-electron chi connectivity index (χ1n) is 6.03. The van der Waals surface area contributed by atoms with Gasteiger partial charge in [0.15, 0.2) is 5.69 Å². The fraction of sp³-hybridized carbons (Fsp3) is 0.429. The van der Waals surface area contributed by atoms with Gasteiger partial charge in [-0.25, -0.2) is 4.98 Å². The molecule has 2 heterocycles. The molecule has 1 aliphatic rings. The van der Waals surface area contributed by atoms with Crippen LogP contribution >= 0.6 is 0 Å². The van der Waals surface area contributed by atoms with Crippen molar-refractivity contribution in [2.75, 3.05) is 0 Å². The number of hydrogen-bond donors (Lipinski definition) is 0. The van der Waals surface area contributed by atoms with Gasteiger partial charge in [-0.05, 0) is 33.8 Å². The van der Waals surface area contributed by atoms with Crippen LogP contribution in [0.4, 0.5) is 0 Å². The molecule has 0 amide bonds. The standard InChI is InChI=1S/C14H15BN2O2/c1-6-10-7-11(9-17-12(10)8-16)15-18-13(2,3)14(4,5)19-15/h1,7,9H,2-5H3. The zero-order chi connectivity index (χ0) is 14.3. The van der Waals surface area contributed by atoms with Gasteiger partial charge in [0.1, 0.15) is 6.07 Å². The quantitative estimate of drug-likeness (QED) is 0.558. The van der Waals surface area contributed by atoms with Crippen molar-refractivity contribution >= 4 is 12.6 Å².